The number of para-hydroxylation sites is 2. The van der Waals surface area contributed by atoms with Crippen molar-refractivity contribution in [2.24, 2.45) is 0 Å². The van der Waals surface area contributed by atoms with Crippen molar-refractivity contribution in [3.63, 3.8) is 0 Å². The first-order valence-electron chi connectivity index (χ1n) is 3.43. The van der Waals surface area contributed by atoms with E-state index in [2.05, 4.69) is 5.32 Å². The Balaban J connectivity index is 0.000001000. The van der Waals surface area contributed by atoms with Gasteiger partial charge >= 0.3 is 0 Å². The zero-order valence-corrected chi connectivity index (χ0v) is 6.09. The third kappa shape index (κ3) is 1.41. The fourth-order valence-electron chi connectivity index (χ4n) is 0.848. The van der Waals surface area contributed by atoms with E-state index in [4.69, 9.17) is 5.73 Å². The molecule has 0 aliphatic carbocycles. The van der Waals surface area contributed by atoms with Gasteiger partial charge in [0.15, 0.2) is 0 Å². The molecule has 3 N–H and O–H groups in total. The Labute approximate surface area is 62.5 Å². The predicted molar refractivity (Wildman–Crippen MR) is 47.1 cm³/mol. The van der Waals surface area contributed by atoms with Crippen LogP contribution in [0.2, 0.25) is 0 Å². The molecule has 0 atom stereocenters. The molecule has 0 heterocycles. The number of nitrogens with two attached hydrogens (primary N) is 1. The van der Waals surface area contributed by atoms with Crippen molar-refractivity contribution in [1.82, 2.24) is 0 Å². The summed E-state index contributed by atoms with van der Waals surface area (Å²) in [6, 6.07) is 7.75. The van der Waals surface area contributed by atoms with Crippen molar-refractivity contribution >= 4 is 11.4 Å². The summed E-state index contributed by atoms with van der Waals surface area (Å²) < 4.78 is 0. The summed E-state index contributed by atoms with van der Waals surface area (Å²) in [7, 11) is 0. The van der Waals surface area contributed by atoms with Crippen molar-refractivity contribution in [2.75, 3.05) is 17.6 Å². The van der Waals surface area contributed by atoms with Gasteiger partial charge in [-0.2, -0.15) is 0 Å². The van der Waals surface area contributed by atoms with E-state index < -0.39 is 0 Å². The standard InChI is InChI=1S/C8H12N2.H2/c1-2-10-8-6-4-3-5-7(8)9;/h3-6,10H,2,9H2,1H3;1H. The molecule has 1 rings (SSSR count). The van der Waals surface area contributed by atoms with Crippen LogP contribution in [0.4, 0.5) is 11.4 Å². The lowest BCUT2D eigenvalue weighted by Crippen LogP contribution is -1.99. The van der Waals surface area contributed by atoms with Gasteiger partial charge in [-0.3, -0.25) is 0 Å². The third-order valence-corrected chi connectivity index (χ3v) is 1.33. The number of benzene rings is 1. The zero-order valence-electron chi connectivity index (χ0n) is 6.09. The van der Waals surface area contributed by atoms with E-state index in [1.165, 1.54) is 0 Å². The van der Waals surface area contributed by atoms with Gasteiger partial charge in [0.2, 0.25) is 0 Å². The molecule has 1 aromatic carbocycles. The fourth-order valence-corrected chi connectivity index (χ4v) is 0.848. The van der Waals surface area contributed by atoms with Crippen molar-refractivity contribution in [2.45, 2.75) is 6.92 Å². The summed E-state index contributed by atoms with van der Waals surface area (Å²) in [6.07, 6.45) is 0. The quantitative estimate of drug-likeness (QED) is 0.613. The van der Waals surface area contributed by atoms with E-state index in [-0.39, 0.29) is 1.43 Å². The predicted octanol–water partition coefficient (Wildman–Crippen LogP) is 1.95. The molecule has 0 aromatic heterocycles. The molecule has 0 aliphatic rings. The molecule has 0 bridgehead atoms. The highest BCUT2D eigenvalue weighted by molar-refractivity contribution is 5.65. The second-order valence-corrected chi connectivity index (χ2v) is 2.12. The van der Waals surface area contributed by atoms with Crippen LogP contribution in [0.25, 0.3) is 0 Å². The first-order chi connectivity index (χ1) is 4.84. The maximum absolute atomic E-state index is 5.64. The van der Waals surface area contributed by atoms with Gasteiger partial charge in [-0.1, -0.05) is 12.1 Å². The minimum atomic E-state index is 0. The Hall–Kier alpha value is -1.18. The smallest absolute Gasteiger partial charge is 0.0573 e. The molecule has 0 aliphatic heterocycles. The van der Waals surface area contributed by atoms with Gasteiger partial charge < -0.3 is 11.1 Å². The summed E-state index contributed by atoms with van der Waals surface area (Å²) in [5.74, 6) is 0. The van der Waals surface area contributed by atoms with Crippen LogP contribution in [-0.4, -0.2) is 6.54 Å². The third-order valence-electron chi connectivity index (χ3n) is 1.33. The molecule has 0 spiro atoms. The van der Waals surface area contributed by atoms with Gasteiger partial charge in [-0.15, -0.1) is 0 Å². The van der Waals surface area contributed by atoms with Gasteiger partial charge in [0.05, 0.1) is 11.4 Å². The number of hydrogen-bond donors (Lipinski definition) is 2. The molecule has 0 radical (unpaired) electrons. The minimum absolute atomic E-state index is 0. The Kier molecular flexibility index (Phi) is 2.15. The fraction of sp³-hybridized carbons (Fsp3) is 0.250. The van der Waals surface area contributed by atoms with Crippen molar-refractivity contribution in [3.8, 4) is 0 Å². The lowest BCUT2D eigenvalue weighted by molar-refractivity contribution is 1.21. The summed E-state index contributed by atoms with van der Waals surface area (Å²) in [5.41, 5.74) is 7.47. The molecule has 0 fully saturated rings. The van der Waals surface area contributed by atoms with E-state index in [9.17, 15) is 0 Å². The van der Waals surface area contributed by atoms with E-state index in [0.717, 1.165) is 17.9 Å². The molecule has 56 valence electrons. The van der Waals surface area contributed by atoms with E-state index in [1.54, 1.807) is 0 Å². The largest absolute Gasteiger partial charge is 0.397 e. The van der Waals surface area contributed by atoms with Gasteiger partial charge in [0, 0.05) is 7.97 Å². The monoisotopic (exact) mass is 138 g/mol. The second-order valence-electron chi connectivity index (χ2n) is 2.12. The highest BCUT2D eigenvalue weighted by Crippen LogP contribution is 2.15. The Morgan fingerprint density at radius 3 is 2.80 bits per heavy atom. The molecule has 0 amide bonds. The maximum Gasteiger partial charge on any atom is 0.0573 e. The van der Waals surface area contributed by atoms with Crippen molar-refractivity contribution < 1.29 is 1.43 Å². The molecule has 0 unspecified atom stereocenters. The van der Waals surface area contributed by atoms with Gasteiger partial charge in [-0.05, 0) is 19.1 Å². The molecule has 10 heavy (non-hydrogen) atoms. The van der Waals surface area contributed by atoms with E-state index in [0.29, 0.717) is 0 Å². The van der Waals surface area contributed by atoms with Gasteiger partial charge in [0.1, 0.15) is 0 Å². The summed E-state index contributed by atoms with van der Waals surface area (Å²) in [5, 5.41) is 3.15. The van der Waals surface area contributed by atoms with Crippen LogP contribution >= 0.6 is 0 Å². The van der Waals surface area contributed by atoms with Gasteiger partial charge in [-0.25, -0.2) is 0 Å². The normalized spacial score (nSPS) is 9.30. The Morgan fingerprint density at radius 2 is 2.20 bits per heavy atom. The topological polar surface area (TPSA) is 38.0 Å². The molecule has 1 aromatic rings. The highest BCUT2D eigenvalue weighted by Gasteiger charge is 1.91. The summed E-state index contributed by atoms with van der Waals surface area (Å²) in [6.45, 7) is 2.96. The SMILES string of the molecule is CCNc1ccccc1N.[HH]. The number of rotatable bonds is 2. The lowest BCUT2D eigenvalue weighted by Gasteiger charge is -2.04. The summed E-state index contributed by atoms with van der Waals surface area (Å²) >= 11 is 0. The summed E-state index contributed by atoms with van der Waals surface area (Å²) in [4.78, 5) is 0. The number of nitrogen functional groups attached to an aromatic ring is 1. The van der Waals surface area contributed by atoms with E-state index >= 15 is 0 Å². The van der Waals surface area contributed by atoms with Crippen LogP contribution in [0.3, 0.4) is 0 Å². The maximum atomic E-state index is 5.64. The van der Waals surface area contributed by atoms with Crippen LogP contribution in [-0.2, 0) is 0 Å². The lowest BCUT2D eigenvalue weighted by atomic mass is 10.3. The number of hydrogen-bond acceptors (Lipinski definition) is 2. The average Bonchev–Trinajstić information content (AvgIpc) is 1.94. The van der Waals surface area contributed by atoms with Crippen molar-refractivity contribution in [3.05, 3.63) is 24.3 Å². The molecular weight excluding hydrogens is 124 g/mol. The van der Waals surface area contributed by atoms with Crippen LogP contribution in [0.1, 0.15) is 8.35 Å². The Morgan fingerprint density at radius 1 is 1.50 bits per heavy atom. The number of nitrogens with one attached hydrogen (secondary N) is 1. The van der Waals surface area contributed by atoms with E-state index in [1.807, 2.05) is 31.2 Å². The highest BCUT2D eigenvalue weighted by atomic mass is 14.9. The molecule has 0 saturated carbocycles. The number of anilines is 2. The minimum Gasteiger partial charge on any atom is -0.397 e. The van der Waals surface area contributed by atoms with Crippen LogP contribution in [0, 0.1) is 0 Å². The van der Waals surface area contributed by atoms with Crippen LogP contribution < -0.4 is 11.1 Å². The first kappa shape index (κ1) is 6.93. The van der Waals surface area contributed by atoms with Crippen molar-refractivity contribution in [1.29, 1.82) is 0 Å². The average molecular weight is 138 g/mol. The molecular formula is C8H14N2. The second kappa shape index (κ2) is 3.11. The van der Waals surface area contributed by atoms with Crippen LogP contribution in [0.15, 0.2) is 24.3 Å². The molecule has 0 saturated heterocycles. The molecule has 2 heteroatoms. The van der Waals surface area contributed by atoms with Gasteiger partial charge in [0.25, 0.3) is 0 Å². The Bertz CT molecular complexity index is 213. The zero-order chi connectivity index (χ0) is 7.40. The van der Waals surface area contributed by atoms with Crippen LogP contribution in [0.5, 0.6) is 0 Å². The first-order valence-corrected chi connectivity index (χ1v) is 3.43. The molecule has 2 nitrogen and oxygen atoms in total.